The number of benzene rings is 1. The highest BCUT2D eigenvalue weighted by Gasteiger charge is 2.19. The average Bonchev–Trinajstić information content (AvgIpc) is 3.27. The third-order valence-corrected chi connectivity index (χ3v) is 5.23. The highest BCUT2D eigenvalue weighted by molar-refractivity contribution is 7.10. The number of imidazole rings is 1. The Morgan fingerprint density at radius 1 is 1.25 bits per heavy atom. The van der Waals surface area contributed by atoms with E-state index >= 15 is 0 Å². The van der Waals surface area contributed by atoms with E-state index in [4.69, 9.17) is 0 Å². The topological polar surface area (TPSA) is 50.7 Å². The third kappa shape index (κ3) is 2.47. The van der Waals surface area contributed by atoms with Crippen LogP contribution in [0.15, 0.2) is 65.0 Å². The molecule has 0 aliphatic heterocycles. The molecular formula is C19H17N3OS. The summed E-state index contributed by atoms with van der Waals surface area (Å²) >= 11 is 1.73. The maximum atomic E-state index is 12.6. The molecule has 0 aliphatic rings. The molecule has 3 aromatic heterocycles. The molecule has 0 amide bonds. The van der Waals surface area contributed by atoms with Crippen molar-refractivity contribution >= 4 is 22.2 Å². The van der Waals surface area contributed by atoms with Crippen LogP contribution < -0.4 is 5.56 Å². The van der Waals surface area contributed by atoms with Gasteiger partial charge in [0.2, 0.25) is 0 Å². The Hall–Kier alpha value is -2.66. The standard InChI is InChI=1S/C19H17N3OS/c1-2-16(17-8-5-11-24-17)22-10-9-20-18(22)14-12-13-6-3-4-7-15(13)21-19(14)23/h3-12,16H,2H2,1H3,(H,21,23)/t16-/m0/s1. The number of aromatic nitrogens is 3. The van der Waals surface area contributed by atoms with Crippen LogP contribution in [0.4, 0.5) is 0 Å². The third-order valence-electron chi connectivity index (χ3n) is 4.26. The highest BCUT2D eigenvalue weighted by Crippen LogP contribution is 2.30. The molecule has 24 heavy (non-hydrogen) atoms. The molecule has 1 aromatic carbocycles. The number of aromatic amines is 1. The summed E-state index contributed by atoms with van der Waals surface area (Å²) in [6.45, 7) is 2.15. The quantitative estimate of drug-likeness (QED) is 0.599. The van der Waals surface area contributed by atoms with Crippen molar-refractivity contribution in [2.75, 3.05) is 0 Å². The number of nitrogens with one attached hydrogen (secondary N) is 1. The maximum absolute atomic E-state index is 12.6. The first kappa shape index (κ1) is 14.9. The Morgan fingerprint density at radius 3 is 2.92 bits per heavy atom. The second-order valence-corrected chi connectivity index (χ2v) is 6.68. The minimum Gasteiger partial charge on any atom is -0.323 e. The van der Waals surface area contributed by atoms with Crippen molar-refractivity contribution in [3.05, 3.63) is 75.5 Å². The summed E-state index contributed by atoms with van der Waals surface area (Å²) in [7, 11) is 0. The highest BCUT2D eigenvalue weighted by atomic mass is 32.1. The lowest BCUT2D eigenvalue weighted by Crippen LogP contribution is -2.15. The summed E-state index contributed by atoms with van der Waals surface area (Å²) in [5.74, 6) is 0.710. The zero-order chi connectivity index (χ0) is 16.5. The van der Waals surface area contributed by atoms with Gasteiger partial charge >= 0.3 is 0 Å². The molecular weight excluding hydrogens is 318 g/mol. The zero-order valence-electron chi connectivity index (χ0n) is 13.3. The molecule has 1 N–H and O–H groups in total. The summed E-state index contributed by atoms with van der Waals surface area (Å²) in [4.78, 5) is 21.3. The summed E-state index contributed by atoms with van der Waals surface area (Å²) in [6.07, 6.45) is 4.66. The van der Waals surface area contributed by atoms with Gasteiger partial charge in [0.25, 0.3) is 5.56 Å². The lowest BCUT2D eigenvalue weighted by molar-refractivity contribution is 0.581. The lowest BCUT2D eigenvalue weighted by atomic mass is 10.1. The molecule has 0 fully saturated rings. The van der Waals surface area contributed by atoms with Crippen LogP contribution in [0.25, 0.3) is 22.3 Å². The van der Waals surface area contributed by atoms with Crippen molar-refractivity contribution in [2.24, 2.45) is 0 Å². The van der Waals surface area contributed by atoms with E-state index < -0.39 is 0 Å². The predicted molar refractivity (Wildman–Crippen MR) is 98.5 cm³/mol. The molecule has 4 nitrogen and oxygen atoms in total. The van der Waals surface area contributed by atoms with Gasteiger partial charge in [0.1, 0.15) is 5.82 Å². The van der Waals surface area contributed by atoms with Crippen molar-refractivity contribution < 1.29 is 0 Å². The Labute approximate surface area is 143 Å². The van der Waals surface area contributed by atoms with Gasteiger partial charge in [0.05, 0.1) is 11.6 Å². The lowest BCUT2D eigenvalue weighted by Gasteiger charge is -2.18. The maximum Gasteiger partial charge on any atom is 0.259 e. The SMILES string of the molecule is CC[C@@H](c1cccs1)n1ccnc1-c1cc2ccccc2[nH]c1=O. The second kappa shape index (κ2) is 6.09. The van der Waals surface area contributed by atoms with E-state index in [1.54, 1.807) is 17.5 Å². The normalized spacial score (nSPS) is 12.5. The molecule has 0 saturated heterocycles. The number of pyridine rings is 1. The molecule has 3 heterocycles. The molecule has 0 radical (unpaired) electrons. The zero-order valence-corrected chi connectivity index (χ0v) is 14.1. The number of nitrogens with zero attached hydrogens (tertiary/aromatic N) is 2. The number of rotatable bonds is 4. The molecule has 120 valence electrons. The van der Waals surface area contributed by atoms with Gasteiger partial charge in [-0.25, -0.2) is 4.98 Å². The monoisotopic (exact) mass is 335 g/mol. The second-order valence-electron chi connectivity index (χ2n) is 5.70. The Bertz CT molecular complexity index is 1030. The van der Waals surface area contributed by atoms with Gasteiger partial charge < -0.3 is 9.55 Å². The number of hydrogen-bond acceptors (Lipinski definition) is 3. The fourth-order valence-corrected chi connectivity index (χ4v) is 4.01. The molecule has 4 aromatic rings. The Morgan fingerprint density at radius 2 is 2.12 bits per heavy atom. The van der Waals surface area contributed by atoms with Crippen molar-refractivity contribution in [1.29, 1.82) is 0 Å². The molecule has 0 saturated carbocycles. The first-order chi connectivity index (χ1) is 11.8. The van der Waals surface area contributed by atoms with Gasteiger partial charge in [-0.1, -0.05) is 31.2 Å². The predicted octanol–water partition coefficient (Wildman–Crippen LogP) is 4.45. The largest absolute Gasteiger partial charge is 0.323 e. The molecule has 0 unspecified atom stereocenters. The van der Waals surface area contributed by atoms with Crippen LogP contribution in [0.3, 0.4) is 0 Å². The van der Waals surface area contributed by atoms with Crippen molar-refractivity contribution in [1.82, 2.24) is 14.5 Å². The van der Waals surface area contributed by atoms with Gasteiger partial charge in [-0.05, 0) is 35.4 Å². The van der Waals surface area contributed by atoms with E-state index in [1.807, 2.05) is 36.5 Å². The van der Waals surface area contributed by atoms with Crippen LogP contribution in [0.2, 0.25) is 0 Å². The van der Waals surface area contributed by atoms with E-state index in [2.05, 4.69) is 39.0 Å². The summed E-state index contributed by atoms with van der Waals surface area (Å²) < 4.78 is 2.10. The molecule has 1 atom stereocenters. The molecule has 0 aliphatic carbocycles. The molecule has 5 heteroatoms. The van der Waals surface area contributed by atoms with Crippen LogP contribution in [-0.2, 0) is 0 Å². The van der Waals surface area contributed by atoms with E-state index in [0.29, 0.717) is 11.4 Å². The first-order valence-corrected chi connectivity index (χ1v) is 8.84. The van der Waals surface area contributed by atoms with E-state index in [1.165, 1.54) is 4.88 Å². The van der Waals surface area contributed by atoms with E-state index in [0.717, 1.165) is 17.3 Å². The number of H-pyrrole nitrogens is 1. The fourth-order valence-electron chi connectivity index (χ4n) is 3.10. The Balaban J connectivity index is 1.88. The van der Waals surface area contributed by atoms with Gasteiger partial charge in [-0.15, -0.1) is 11.3 Å². The first-order valence-electron chi connectivity index (χ1n) is 7.96. The molecule has 4 rings (SSSR count). The van der Waals surface area contributed by atoms with Crippen LogP contribution in [0.5, 0.6) is 0 Å². The number of thiophene rings is 1. The minimum absolute atomic E-state index is 0.109. The average molecular weight is 335 g/mol. The number of fused-ring (bicyclic) bond motifs is 1. The van der Waals surface area contributed by atoms with Gasteiger partial charge in [0.15, 0.2) is 0 Å². The summed E-state index contributed by atoms with van der Waals surface area (Å²) in [5, 5.41) is 3.09. The van der Waals surface area contributed by atoms with Gasteiger partial charge in [-0.3, -0.25) is 4.79 Å². The summed E-state index contributed by atoms with van der Waals surface area (Å²) in [5.41, 5.74) is 1.34. The molecule has 0 bridgehead atoms. The van der Waals surface area contributed by atoms with Crippen LogP contribution in [0.1, 0.15) is 24.3 Å². The van der Waals surface area contributed by atoms with Crippen LogP contribution in [-0.4, -0.2) is 14.5 Å². The summed E-state index contributed by atoms with van der Waals surface area (Å²) in [6, 6.07) is 14.1. The van der Waals surface area contributed by atoms with E-state index in [9.17, 15) is 4.79 Å². The molecule has 0 spiro atoms. The van der Waals surface area contributed by atoms with Crippen LogP contribution in [0, 0.1) is 0 Å². The van der Waals surface area contributed by atoms with E-state index in [-0.39, 0.29) is 11.6 Å². The van der Waals surface area contributed by atoms with Crippen LogP contribution >= 0.6 is 11.3 Å². The van der Waals surface area contributed by atoms with Gasteiger partial charge in [-0.2, -0.15) is 0 Å². The van der Waals surface area contributed by atoms with Crippen molar-refractivity contribution in [2.45, 2.75) is 19.4 Å². The minimum atomic E-state index is -0.109. The fraction of sp³-hybridized carbons (Fsp3) is 0.158. The number of hydrogen-bond donors (Lipinski definition) is 1. The Kier molecular flexibility index (Phi) is 3.78. The van der Waals surface area contributed by atoms with Gasteiger partial charge in [0, 0.05) is 22.8 Å². The number of para-hydroxylation sites is 1. The van der Waals surface area contributed by atoms with Crippen molar-refractivity contribution in [3.63, 3.8) is 0 Å². The smallest absolute Gasteiger partial charge is 0.259 e. The van der Waals surface area contributed by atoms with Crippen molar-refractivity contribution in [3.8, 4) is 11.4 Å².